The van der Waals surface area contributed by atoms with Crippen molar-refractivity contribution in [2.75, 3.05) is 19.0 Å². The normalized spacial score (nSPS) is 11.9. The van der Waals surface area contributed by atoms with Crippen LogP contribution in [-0.4, -0.2) is 31.6 Å². The predicted octanol–water partition coefficient (Wildman–Crippen LogP) is -0.302. The Morgan fingerprint density at radius 2 is 2.18 bits per heavy atom. The highest BCUT2D eigenvalue weighted by atomic mass is 16.5. The van der Waals surface area contributed by atoms with Gasteiger partial charge in [-0.3, -0.25) is 9.59 Å². The van der Waals surface area contributed by atoms with Gasteiger partial charge < -0.3 is 21.5 Å². The van der Waals surface area contributed by atoms with Crippen molar-refractivity contribution in [1.82, 2.24) is 0 Å². The fraction of sp³-hybridized carbons (Fsp3) is 0.273. The van der Waals surface area contributed by atoms with E-state index in [0.717, 1.165) is 0 Å². The van der Waals surface area contributed by atoms with Gasteiger partial charge in [-0.1, -0.05) is 6.07 Å². The van der Waals surface area contributed by atoms with Gasteiger partial charge in [0, 0.05) is 24.9 Å². The number of ether oxygens (including phenoxy) is 1. The molecule has 17 heavy (non-hydrogen) atoms. The van der Waals surface area contributed by atoms with Gasteiger partial charge in [0.2, 0.25) is 5.91 Å². The quantitative estimate of drug-likeness (QED) is 0.653. The summed E-state index contributed by atoms with van der Waals surface area (Å²) in [5.74, 6) is -0.917. The smallest absolute Gasteiger partial charge is 0.254 e. The second kappa shape index (κ2) is 5.97. The van der Waals surface area contributed by atoms with Gasteiger partial charge >= 0.3 is 0 Å². The van der Waals surface area contributed by atoms with E-state index in [1.807, 2.05) is 0 Å². The van der Waals surface area contributed by atoms with E-state index < -0.39 is 12.0 Å². The maximum atomic E-state index is 11.6. The summed E-state index contributed by atoms with van der Waals surface area (Å²) in [6.07, 6.45) is -0.716. The SMILES string of the molecule is COC(CN)C(=O)Nc1cccc(C(N)=O)c1. The van der Waals surface area contributed by atoms with Crippen LogP contribution in [0.15, 0.2) is 24.3 Å². The van der Waals surface area contributed by atoms with Crippen LogP contribution in [-0.2, 0) is 9.53 Å². The number of benzene rings is 1. The molecule has 2 amide bonds. The third kappa shape index (κ3) is 3.54. The van der Waals surface area contributed by atoms with Gasteiger partial charge in [-0.25, -0.2) is 0 Å². The number of hydrogen-bond donors (Lipinski definition) is 3. The molecule has 1 aromatic carbocycles. The molecule has 0 saturated heterocycles. The van der Waals surface area contributed by atoms with Gasteiger partial charge in [0.05, 0.1) is 0 Å². The van der Waals surface area contributed by atoms with Crippen molar-refractivity contribution in [3.63, 3.8) is 0 Å². The van der Waals surface area contributed by atoms with E-state index in [9.17, 15) is 9.59 Å². The van der Waals surface area contributed by atoms with Crippen molar-refractivity contribution in [3.05, 3.63) is 29.8 Å². The minimum atomic E-state index is -0.716. The second-order valence-corrected chi connectivity index (χ2v) is 3.39. The number of hydrogen-bond acceptors (Lipinski definition) is 4. The third-order valence-corrected chi connectivity index (χ3v) is 2.21. The van der Waals surface area contributed by atoms with Crippen LogP contribution in [0, 0.1) is 0 Å². The number of methoxy groups -OCH3 is 1. The number of amides is 2. The van der Waals surface area contributed by atoms with Gasteiger partial charge in [0.15, 0.2) is 0 Å². The van der Waals surface area contributed by atoms with E-state index in [4.69, 9.17) is 16.2 Å². The lowest BCUT2D eigenvalue weighted by Gasteiger charge is -2.13. The highest BCUT2D eigenvalue weighted by Crippen LogP contribution is 2.10. The summed E-state index contributed by atoms with van der Waals surface area (Å²) in [4.78, 5) is 22.6. The molecule has 0 saturated carbocycles. The van der Waals surface area contributed by atoms with E-state index in [-0.39, 0.29) is 12.5 Å². The van der Waals surface area contributed by atoms with Crippen molar-refractivity contribution < 1.29 is 14.3 Å². The van der Waals surface area contributed by atoms with Crippen LogP contribution in [0.5, 0.6) is 0 Å². The Balaban J connectivity index is 2.78. The fourth-order valence-corrected chi connectivity index (χ4v) is 1.28. The number of anilines is 1. The number of carbonyl (C=O) groups is 2. The molecule has 6 nitrogen and oxygen atoms in total. The zero-order chi connectivity index (χ0) is 12.8. The highest BCUT2D eigenvalue weighted by Gasteiger charge is 2.15. The first-order chi connectivity index (χ1) is 8.08. The Kier molecular flexibility index (Phi) is 4.62. The molecular formula is C11H15N3O3. The van der Waals surface area contributed by atoms with Crippen molar-refractivity contribution in [2.24, 2.45) is 11.5 Å². The van der Waals surface area contributed by atoms with Crippen molar-refractivity contribution in [1.29, 1.82) is 0 Å². The molecule has 0 radical (unpaired) electrons. The second-order valence-electron chi connectivity index (χ2n) is 3.39. The molecule has 0 bridgehead atoms. The molecule has 0 spiro atoms. The first kappa shape index (κ1) is 13.1. The summed E-state index contributed by atoms with van der Waals surface area (Å²) >= 11 is 0. The maximum absolute atomic E-state index is 11.6. The number of primary amides is 1. The summed E-state index contributed by atoms with van der Waals surface area (Å²) in [7, 11) is 1.40. The Morgan fingerprint density at radius 1 is 1.47 bits per heavy atom. The Morgan fingerprint density at radius 3 is 2.71 bits per heavy atom. The molecule has 5 N–H and O–H groups in total. The lowest BCUT2D eigenvalue weighted by atomic mass is 10.2. The molecule has 0 heterocycles. The summed E-state index contributed by atoms with van der Waals surface area (Å²) < 4.78 is 4.88. The number of carbonyl (C=O) groups excluding carboxylic acids is 2. The van der Waals surface area contributed by atoms with E-state index in [1.165, 1.54) is 13.2 Å². The van der Waals surface area contributed by atoms with Crippen LogP contribution in [0.25, 0.3) is 0 Å². The molecular weight excluding hydrogens is 222 g/mol. The molecule has 92 valence electrons. The standard InChI is InChI=1S/C11H15N3O3/c1-17-9(6-12)11(16)14-8-4-2-3-7(5-8)10(13)15/h2-5,9H,6,12H2,1H3,(H2,13,15)(H,14,16). The van der Waals surface area contributed by atoms with Crippen molar-refractivity contribution >= 4 is 17.5 Å². The predicted molar refractivity (Wildman–Crippen MR) is 63.4 cm³/mol. The van der Waals surface area contributed by atoms with Gasteiger partial charge in [0.25, 0.3) is 5.91 Å². The Hall–Kier alpha value is -1.92. The molecule has 1 atom stereocenters. The topological polar surface area (TPSA) is 107 Å². The zero-order valence-corrected chi connectivity index (χ0v) is 9.47. The molecule has 6 heteroatoms. The number of nitrogens with one attached hydrogen (secondary N) is 1. The molecule has 0 aromatic heterocycles. The lowest BCUT2D eigenvalue weighted by Crippen LogP contribution is -2.35. The highest BCUT2D eigenvalue weighted by molar-refractivity contribution is 5.97. The Bertz CT molecular complexity index is 416. The van der Waals surface area contributed by atoms with E-state index >= 15 is 0 Å². The fourth-order valence-electron chi connectivity index (χ4n) is 1.28. The molecule has 1 rings (SSSR count). The largest absolute Gasteiger partial charge is 0.370 e. The molecule has 0 aliphatic rings. The maximum Gasteiger partial charge on any atom is 0.254 e. The van der Waals surface area contributed by atoms with Crippen molar-refractivity contribution in [3.8, 4) is 0 Å². The minimum Gasteiger partial charge on any atom is -0.370 e. The van der Waals surface area contributed by atoms with Gasteiger partial charge in [-0.05, 0) is 18.2 Å². The van der Waals surface area contributed by atoms with Crippen LogP contribution in [0.1, 0.15) is 10.4 Å². The van der Waals surface area contributed by atoms with Crippen LogP contribution in [0.4, 0.5) is 5.69 Å². The molecule has 1 aromatic rings. The minimum absolute atomic E-state index is 0.0812. The first-order valence-electron chi connectivity index (χ1n) is 5.02. The van der Waals surface area contributed by atoms with Gasteiger partial charge in [-0.2, -0.15) is 0 Å². The molecule has 1 unspecified atom stereocenters. The average Bonchev–Trinajstić information content (AvgIpc) is 2.30. The average molecular weight is 237 g/mol. The monoisotopic (exact) mass is 237 g/mol. The van der Waals surface area contributed by atoms with Crippen LogP contribution < -0.4 is 16.8 Å². The Labute approximate surface area is 98.9 Å². The van der Waals surface area contributed by atoms with Crippen LogP contribution in [0.2, 0.25) is 0 Å². The van der Waals surface area contributed by atoms with E-state index in [2.05, 4.69) is 5.32 Å². The zero-order valence-electron chi connectivity index (χ0n) is 9.47. The number of rotatable bonds is 5. The first-order valence-corrected chi connectivity index (χ1v) is 5.02. The third-order valence-electron chi connectivity index (χ3n) is 2.21. The van der Waals surface area contributed by atoms with Crippen LogP contribution >= 0.6 is 0 Å². The number of nitrogens with two attached hydrogens (primary N) is 2. The summed E-state index contributed by atoms with van der Waals surface area (Å²) in [6, 6.07) is 6.33. The van der Waals surface area contributed by atoms with Crippen molar-refractivity contribution in [2.45, 2.75) is 6.10 Å². The molecule has 0 aliphatic carbocycles. The molecule has 0 fully saturated rings. The molecule has 0 aliphatic heterocycles. The lowest BCUT2D eigenvalue weighted by molar-refractivity contribution is -0.125. The summed E-state index contributed by atoms with van der Waals surface area (Å²) in [5, 5.41) is 2.59. The summed E-state index contributed by atoms with van der Waals surface area (Å²) in [5.41, 5.74) is 11.3. The van der Waals surface area contributed by atoms with E-state index in [1.54, 1.807) is 18.2 Å². The van der Waals surface area contributed by atoms with Gasteiger partial charge in [-0.15, -0.1) is 0 Å². The summed E-state index contributed by atoms with van der Waals surface area (Å²) in [6.45, 7) is 0.0812. The van der Waals surface area contributed by atoms with Gasteiger partial charge in [0.1, 0.15) is 6.10 Å². The van der Waals surface area contributed by atoms with Crippen LogP contribution in [0.3, 0.4) is 0 Å². The van der Waals surface area contributed by atoms with E-state index in [0.29, 0.717) is 11.3 Å².